The molecule has 2 aromatic heterocycles. The number of rotatable bonds is 5. The number of anilines is 1. The van der Waals surface area contributed by atoms with Gasteiger partial charge in [-0.15, -0.1) is 0 Å². The molecule has 0 aliphatic rings. The monoisotopic (exact) mass is 450 g/mol. The molecular weight excluding hydrogens is 440 g/mol. The second-order valence-corrected chi connectivity index (χ2v) is 6.61. The molecule has 6 nitrogen and oxygen atoms in total. The van der Waals surface area contributed by atoms with E-state index in [2.05, 4.69) is 47.3 Å². The summed E-state index contributed by atoms with van der Waals surface area (Å²) >= 11 is 6.66. The maximum atomic E-state index is 12.1. The summed E-state index contributed by atoms with van der Waals surface area (Å²) in [6.07, 6.45) is 3.29. The number of ether oxygens (including phenoxy) is 1. The van der Waals surface area contributed by atoms with E-state index < -0.39 is 0 Å². The first kappa shape index (κ1) is 16.7. The standard InChI is InChI=1S/C16H12Br2N4O2/c17-11-1-4-13(5-2-11)24-10-22-8-7-14(21-22)16(23)20-15-6-3-12(18)9-19-15/h1-9H,10H2,(H,19,20,23). The van der Waals surface area contributed by atoms with Crippen LogP contribution < -0.4 is 10.1 Å². The summed E-state index contributed by atoms with van der Waals surface area (Å²) in [5.41, 5.74) is 0.291. The summed E-state index contributed by atoms with van der Waals surface area (Å²) in [4.78, 5) is 16.2. The maximum Gasteiger partial charge on any atom is 0.277 e. The van der Waals surface area contributed by atoms with E-state index in [1.54, 1.807) is 35.3 Å². The van der Waals surface area contributed by atoms with Gasteiger partial charge in [0.15, 0.2) is 12.4 Å². The molecule has 0 unspecified atom stereocenters. The molecule has 1 N–H and O–H groups in total. The van der Waals surface area contributed by atoms with Crippen LogP contribution in [0.5, 0.6) is 5.75 Å². The average molecular weight is 452 g/mol. The van der Waals surface area contributed by atoms with Crippen molar-refractivity contribution >= 4 is 43.6 Å². The number of pyridine rings is 1. The molecule has 122 valence electrons. The summed E-state index contributed by atoms with van der Waals surface area (Å²) in [6.45, 7) is 0.214. The highest BCUT2D eigenvalue weighted by Gasteiger charge is 2.10. The predicted octanol–water partition coefficient (Wildman–Crippen LogP) is 4.09. The molecule has 1 aromatic carbocycles. The number of amides is 1. The van der Waals surface area contributed by atoms with Gasteiger partial charge in [-0.25, -0.2) is 9.67 Å². The second-order valence-electron chi connectivity index (χ2n) is 4.78. The summed E-state index contributed by atoms with van der Waals surface area (Å²) in [6, 6.07) is 12.6. The van der Waals surface area contributed by atoms with Crippen molar-refractivity contribution in [3.8, 4) is 5.75 Å². The Bertz CT molecular complexity index is 832. The number of benzene rings is 1. The van der Waals surface area contributed by atoms with Crippen molar-refractivity contribution in [3.05, 3.63) is 69.5 Å². The molecule has 0 fully saturated rings. The van der Waals surface area contributed by atoms with Gasteiger partial charge in [0.25, 0.3) is 5.91 Å². The van der Waals surface area contributed by atoms with E-state index in [-0.39, 0.29) is 12.6 Å². The summed E-state index contributed by atoms with van der Waals surface area (Å²) in [7, 11) is 0. The van der Waals surface area contributed by atoms with Gasteiger partial charge in [-0.1, -0.05) is 15.9 Å². The number of hydrogen-bond donors (Lipinski definition) is 1. The van der Waals surface area contributed by atoms with Gasteiger partial charge in [-0.3, -0.25) is 4.79 Å². The van der Waals surface area contributed by atoms with E-state index >= 15 is 0 Å². The van der Waals surface area contributed by atoms with Gasteiger partial charge in [-0.05, 0) is 58.4 Å². The highest BCUT2D eigenvalue weighted by Crippen LogP contribution is 2.16. The van der Waals surface area contributed by atoms with Gasteiger partial charge in [0.1, 0.15) is 11.6 Å². The van der Waals surface area contributed by atoms with Gasteiger partial charge < -0.3 is 10.1 Å². The minimum atomic E-state index is -0.327. The smallest absolute Gasteiger partial charge is 0.277 e. The van der Waals surface area contributed by atoms with Crippen LogP contribution in [-0.2, 0) is 6.73 Å². The minimum absolute atomic E-state index is 0.214. The Balaban J connectivity index is 1.59. The topological polar surface area (TPSA) is 69.0 Å². The Labute approximate surface area is 155 Å². The van der Waals surface area contributed by atoms with Crippen LogP contribution in [0, 0.1) is 0 Å². The summed E-state index contributed by atoms with van der Waals surface area (Å²) < 4.78 is 8.97. The van der Waals surface area contributed by atoms with Crippen LogP contribution in [0.4, 0.5) is 5.82 Å². The van der Waals surface area contributed by atoms with Crippen LogP contribution in [0.2, 0.25) is 0 Å². The molecule has 0 spiro atoms. The van der Waals surface area contributed by atoms with Crippen LogP contribution in [-0.4, -0.2) is 20.7 Å². The summed E-state index contributed by atoms with van der Waals surface area (Å²) in [5, 5.41) is 6.88. The molecule has 0 aliphatic heterocycles. The molecule has 24 heavy (non-hydrogen) atoms. The van der Waals surface area contributed by atoms with Crippen LogP contribution >= 0.6 is 31.9 Å². The maximum absolute atomic E-state index is 12.1. The zero-order chi connectivity index (χ0) is 16.9. The lowest BCUT2D eigenvalue weighted by atomic mass is 10.3. The van der Waals surface area contributed by atoms with E-state index in [0.717, 1.165) is 14.7 Å². The molecule has 0 saturated heterocycles. The number of halogens is 2. The van der Waals surface area contributed by atoms with Gasteiger partial charge in [0, 0.05) is 21.3 Å². The fraction of sp³-hybridized carbons (Fsp3) is 0.0625. The largest absolute Gasteiger partial charge is 0.471 e. The van der Waals surface area contributed by atoms with E-state index in [9.17, 15) is 4.79 Å². The van der Waals surface area contributed by atoms with Crippen LogP contribution in [0.1, 0.15) is 10.5 Å². The average Bonchev–Trinajstić information content (AvgIpc) is 3.06. The quantitative estimate of drug-likeness (QED) is 0.634. The van der Waals surface area contributed by atoms with Crippen molar-refractivity contribution in [2.24, 2.45) is 0 Å². The third kappa shape index (κ3) is 4.42. The first-order valence-electron chi connectivity index (χ1n) is 6.95. The van der Waals surface area contributed by atoms with Crippen molar-refractivity contribution in [2.75, 3.05) is 5.32 Å². The molecule has 0 atom stereocenters. The number of carbonyl (C=O) groups is 1. The van der Waals surface area contributed by atoms with E-state index in [0.29, 0.717) is 11.5 Å². The first-order chi connectivity index (χ1) is 11.6. The Kier molecular flexibility index (Phi) is 5.27. The molecule has 8 heteroatoms. The van der Waals surface area contributed by atoms with Crippen LogP contribution in [0.15, 0.2) is 63.8 Å². The van der Waals surface area contributed by atoms with Gasteiger partial charge in [0.2, 0.25) is 0 Å². The fourth-order valence-corrected chi connectivity index (χ4v) is 2.36. The molecule has 0 radical (unpaired) electrons. The Hall–Kier alpha value is -2.19. The zero-order valence-corrected chi connectivity index (χ0v) is 15.5. The van der Waals surface area contributed by atoms with Crippen molar-refractivity contribution in [3.63, 3.8) is 0 Å². The summed E-state index contributed by atoms with van der Waals surface area (Å²) in [5.74, 6) is 0.856. The third-order valence-corrected chi connectivity index (χ3v) is 4.02. The molecule has 0 aliphatic carbocycles. The van der Waals surface area contributed by atoms with Crippen LogP contribution in [0.25, 0.3) is 0 Å². The molecule has 0 bridgehead atoms. The lowest BCUT2D eigenvalue weighted by molar-refractivity contribution is 0.102. The minimum Gasteiger partial charge on any atom is -0.471 e. The third-order valence-electron chi connectivity index (χ3n) is 3.02. The molecular formula is C16H12Br2N4O2. The number of nitrogens with zero attached hydrogens (tertiary/aromatic N) is 3. The SMILES string of the molecule is O=C(Nc1ccc(Br)cn1)c1ccn(COc2ccc(Br)cc2)n1. The van der Waals surface area contributed by atoms with Crippen molar-refractivity contribution in [2.45, 2.75) is 6.73 Å². The molecule has 2 heterocycles. The molecule has 1 amide bonds. The number of hydrogen-bond acceptors (Lipinski definition) is 4. The lowest BCUT2D eigenvalue weighted by Gasteiger charge is -2.06. The molecule has 0 saturated carbocycles. The number of nitrogens with one attached hydrogen (secondary N) is 1. The van der Waals surface area contributed by atoms with Gasteiger partial charge in [-0.2, -0.15) is 5.10 Å². The molecule has 3 rings (SSSR count). The van der Waals surface area contributed by atoms with Crippen molar-refractivity contribution in [1.29, 1.82) is 0 Å². The van der Waals surface area contributed by atoms with E-state index in [1.807, 2.05) is 24.3 Å². The van der Waals surface area contributed by atoms with Gasteiger partial charge in [0.05, 0.1) is 0 Å². The van der Waals surface area contributed by atoms with E-state index in [1.165, 1.54) is 0 Å². The normalized spacial score (nSPS) is 10.4. The van der Waals surface area contributed by atoms with Gasteiger partial charge >= 0.3 is 0 Å². The number of aromatic nitrogens is 3. The highest BCUT2D eigenvalue weighted by atomic mass is 79.9. The molecule has 3 aromatic rings. The Morgan fingerprint density at radius 3 is 2.54 bits per heavy atom. The predicted molar refractivity (Wildman–Crippen MR) is 96.9 cm³/mol. The highest BCUT2D eigenvalue weighted by molar-refractivity contribution is 9.10. The van der Waals surface area contributed by atoms with Crippen molar-refractivity contribution < 1.29 is 9.53 Å². The van der Waals surface area contributed by atoms with Crippen molar-refractivity contribution in [1.82, 2.24) is 14.8 Å². The van der Waals surface area contributed by atoms with E-state index in [4.69, 9.17) is 4.74 Å². The first-order valence-corrected chi connectivity index (χ1v) is 8.53. The van der Waals surface area contributed by atoms with Crippen LogP contribution in [0.3, 0.4) is 0 Å². The Morgan fingerprint density at radius 1 is 1.08 bits per heavy atom. The lowest BCUT2D eigenvalue weighted by Crippen LogP contribution is -2.15. The fourth-order valence-electron chi connectivity index (χ4n) is 1.86. The second kappa shape index (κ2) is 7.59. The zero-order valence-electron chi connectivity index (χ0n) is 12.3. The number of carbonyl (C=O) groups excluding carboxylic acids is 1. The Morgan fingerprint density at radius 2 is 1.83 bits per heavy atom.